The lowest BCUT2D eigenvalue weighted by atomic mass is 10.1. The van der Waals surface area contributed by atoms with Crippen LogP contribution in [0.4, 0.5) is 0 Å². The van der Waals surface area contributed by atoms with Crippen molar-refractivity contribution in [3.63, 3.8) is 0 Å². The minimum absolute atomic E-state index is 0.00358. The maximum Gasteiger partial charge on any atom is 0.205 e. The molecule has 0 heterocycles. The van der Waals surface area contributed by atoms with Crippen molar-refractivity contribution >= 4 is 30.5 Å². The topological polar surface area (TPSA) is 44.8 Å². The predicted octanol–water partition coefficient (Wildman–Crippen LogP) is 9.00. The number of benzene rings is 1. The van der Waals surface area contributed by atoms with Crippen LogP contribution in [-0.2, 0) is 25.0 Å². The number of ketones is 1. The van der Waals surface area contributed by atoms with Gasteiger partial charge in [0.2, 0.25) is 5.78 Å². The van der Waals surface area contributed by atoms with Crippen LogP contribution in [0.2, 0.25) is 55.9 Å². The summed E-state index contributed by atoms with van der Waals surface area (Å²) >= 11 is 0. The summed E-state index contributed by atoms with van der Waals surface area (Å²) in [5, 5.41) is 0. The van der Waals surface area contributed by atoms with Crippen molar-refractivity contribution in [3.05, 3.63) is 35.9 Å². The highest BCUT2D eigenvalue weighted by atomic mass is 28.4. The van der Waals surface area contributed by atoms with Gasteiger partial charge in [-0.1, -0.05) is 97.4 Å². The molecule has 230 valence electrons. The zero-order chi connectivity index (χ0) is 30.8. The fourth-order valence-electron chi connectivity index (χ4n) is 4.97. The molecule has 0 saturated carbocycles. The summed E-state index contributed by atoms with van der Waals surface area (Å²) in [4.78, 5) is 12.9. The number of carbonyl (C=O) groups excluding carboxylic acids is 1. The van der Waals surface area contributed by atoms with E-state index in [0.29, 0.717) is 38.9 Å². The summed E-state index contributed by atoms with van der Waals surface area (Å²) in [6.07, 6.45) is 2.18. The first-order chi connectivity index (χ1) is 19.5. The number of ether oxygens (including phenoxy) is 1. The van der Waals surface area contributed by atoms with Crippen molar-refractivity contribution in [3.8, 4) is 23.3 Å². The summed E-state index contributed by atoms with van der Waals surface area (Å²) in [7, 11) is -5.07. The Morgan fingerprint density at radius 3 is 1.78 bits per heavy atom. The van der Waals surface area contributed by atoms with Gasteiger partial charge in [-0.3, -0.25) is 4.79 Å². The van der Waals surface area contributed by atoms with Crippen molar-refractivity contribution in [2.45, 2.75) is 142 Å². The average molecular weight is 615 g/mol. The highest BCUT2D eigenvalue weighted by Gasteiger charge is 2.33. The van der Waals surface area contributed by atoms with E-state index in [1.807, 2.05) is 18.2 Å². The number of hydrogen-bond donors (Lipinski definition) is 0. The molecule has 0 aliphatic carbocycles. The molecule has 0 N–H and O–H groups in total. The molecule has 1 rings (SSSR count). The molecular formula is C34H58O4Si3. The average Bonchev–Trinajstić information content (AvgIpc) is 2.97. The molecule has 0 aliphatic heterocycles. The van der Waals surface area contributed by atoms with Crippen LogP contribution in [0.15, 0.2) is 30.3 Å². The number of Topliss-reactive ketones (excluding diaryl/α,β-unsaturated/α-hetero) is 1. The van der Waals surface area contributed by atoms with Gasteiger partial charge in [0.1, 0.15) is 8.07 Å². The first-order valence-electron chi connectivity index (χ1n) is 16.0. The first kappa shape index (κ1) is 37.6. The minimum atomic E-state index is -1.83. The molecule has 41 heavy (non-hydrogen) atoms. The first-order valence-corrected chi connectivity index (χ1v) is 24.5. The summed E-state index contributed by atoms with van der Waals surface area (Å²) in [6, 6.07) is 16.7. The van der Waals surface area contributed by atoms with Gasteiger partial charge in [0.25, 0.3) is 0 Å². The summed E-state index contributed by atoms with van der Waals surface area (Å²) in [5.74, 6) is 9.46. The molecule has 0 amide bonds. The third-order valence-corrected chi connectivity index (χ3v) is 18.5. The van der Waals surface area contributed by atoms with Crippen LogP contribution in [0.25, 0.3) is 0 Å². The van der Waals surface area contributed by atoms with Crippen molar-refractivity contribution in [2.75, 3.05) is 6.61 Å². The summed E-state index contributed by atoms with van der Waals surface area (Å²) < 4.78 is 19.6. The van der Waals surface area contributed by atoms with E-state index in [4.69, 9.17) is 13.6 Å². The molecule has 7 heteroatoms. The second-order valence-corrected chi connectivity index (χ2v) is 26.4. The molecule has 0 bridgehead atoms. The van der Waals surface area contributed by atoms with E-state index >= 15 is 0 Å². The molecule has 1 aromatic carbocycles. The second-order valence-electron chi connectivity index (χ2n) is 12.2. The van der Waals surface area contributed by atoms with Gasteiger partial charge in [-0.2, -0.15) is 0 Å². The zero-order valence-electron chi connectivity index (χ0n) is 27.7. The van der Waals surface area contributed by atoms with Gasteiger partial charge in [0.15, 0.2) is 16.6 Å². The van der Waals surface area contributed by atoms with Gasteiger partial charge < -0.3 is 13.6 Å². The fraction of sp³-hybridized carbons (Fsp3) is 0.676. The molecule has 1 unspecified atom stereocenters. The van der Waals surface area contributed by atoms with Crippen LogP contribution in [-0.4, -0.2) is 49.3 Å². The van der Waals surface area contributed by atoms with Crippen molar-refractivity contribution in [1.29, 1.82) is 0 Å². The Bertz CT molecular complexity index is 973. The molecule has 2 atom stereocenters. The Morgan fingerprint density at radius 2 is 1.27 bits per heavy atom. The monoisotopic (exact) mass is 614 g/mol. The standard InChI is InChI=1S/C34H58O4Si3/c1-10-40(11-2,12-3)37-33(25-20-28-39(7,8)9)27-26-32(35)23-19-24-34(38-41(13-4,14-5)15-6)30-36-29-31-21-17-16-18-22-31/h16-18,21-22,33-34H,10-15,24-27,29-30H2,1-9H3/t33?,34-/m0/s1. The molecule has 0 aromatic heterocycles. The van der Waals surface area contributed by atoms with Gasteiger partial charge in [-0.25, -0.2) is 0 Å². The van der Waals surface area contributed by atoms with Crippen LogP contribution in [0, 0.1) is 23.3 Å². The van der Waals surface area contributed by atoms with E-state index in [1.54, 1.807) is 0 Å². The molecule has 1 aromatic rings. The van der Waals surface area contributed by atoms with Crippen LogP contribution >= 0.6 is 0 Å². The third kappa shape index (κ3) is 15.0. The van der Waals surface area contributed by atoms with E-state index in [-0.39, 0.29) is 18.0 Å². The molecular weight excluding hydrogens is 557 g/mol. The van der Waals surface area contributed by atoms with Crippen LogP contribution < -0.4 is 0 Å². The normalized spacial score (nSPS) is 13.5. The molecule has 0 saturated heterocycles. The van der Waals surface area contributed by atoms with Gasteiger partial charge >= 0.3 is 0 Å². The van der Waals surface area contributed by atoms with Gasteiger partial charge in [0.05, 0.1) is 25.4 Å². The molecule has 0 spiro atoms. The molecule has 4 nitrogen and oxygen atoms in total. The van der Waals surface area contributed by atoms with E-state index < -0.39 is 24.7 Å². The Labute approximate surface area is 256 Å². The predicted molar refractivity (Wildman–Crippen MR) is 183 cm³/mol. The third-order valence-electron chi connectivity index (χ3n) is 8.16. The number of carbonyl (C=O) groups is 1. The van der Waals surface area contributed by atoms with Crippen LogP contribution in [0.3, 0.4) is 0 Å². The Kier molecular flexibility index (Phi) is 18.0. The molecule has 0 radical (unpaired) electrons. The van der Waals surface area contributed by atoms with Gasteiger partial charge in [0, 0.05) is 19.3 Å². The Hall–Kier alpha value is -1.46. The number of rotatable bonds is 19. The zero-order valence-corrected chi connectivity index (χ0v) is 30.7. The van der Waals surface area contributed by atoms with E-state index in [1.165, 1.54) is 0 Å². The minimum Gasteiger partial charge on any atom is -0.413 e. The summed E-state index contributed by atoms with van der Waals surface area (Å²) in [5.41, 5.74) is 4.62. The van der Waals surface area contributed by atoms with Crippen molar-refractivity contribution < 1.29 is 18.4 Å². The van der Waals surface area contributed by atoms with E-state index in [9.17, 15) is 4.79 Å². The van der Waals surface area contributed by atoms with Crippen molar-refractivity contribution in [1.82, 2.24) is 0 Å². The highest BCUT2D eigenvalue weighted by Crippen LogP contribution is 2.26. The second kappa shape index (κ2) is 19.7. The SMILES string of the molecule is CC[Si](CC)(CC)OC(CC#C[Si](C)(C)C)CCC(=O)C#CC[C@@H](COCc1ccccc1)O[Si](CC)(CC)CC. The quantitative estimate of drug-likeness (QED) is 0.0886. The smallest absolute Gasteiger partial charge is 0.205 e. The van der Waals surface area contributed by atoms with Gasteiger partial charge in [-0.15, -0.1) is 11.5 Å². The lowest BCUT2D eigenvalue weighted by Crippen LogP contribution is -2.41. The maximum atomic E-state index is 12.9. The molecule has 0 aliphatic rings. The van der Waals surface area contributed by atoms with Crippen molar-refractivity contribution in [2.24, 2.45) is 0 Å². The lowest BCUT2D eigenvalue weighted by Gasteiger charge is -2.32. The largest absolute Gasteiger partial charge is 0.413 e. The summed E-state index contributed by atoms with van der Waals surface area (Å²) in [6.45, 7) is 21.2. The Balaban J connectivity index is 2.88. The van der Waals surface area contributed by atoms with E-state index in [2.05, 4.69) is 96.6 Å². The van der Waals surface area contributed by atoms with Gasteiger partial charge in [-0.05, 0) is 54.2 Å². The highest BCUT2D eigenvalue weighted by molar-refractivity contribution is 6.83. The van der Waals surface area contributed by atoms with E-state index in [0.717, 1.165) is 41.8 Å². The van der Waals surface area contributed by atoms with Crippen LogP contribution in [0.1, 0.15) is 72.8 Å². The van der Waals surface area contributed by atoms with Crippen LogP contribution in [0.5, 0.6) is 0 Å². The molecule has 0 fully saturated rings. The number of hydrogen-bond acceptors (Lipinski definition) is 4. The fourth-order valence-corrected chi connectivity index (χ4v) is 11.4. The Morgan fingerprint density at radius 1 is 0.756 bits per heavy atom. The maximum absolute atomic E-state index is 12.9. The lowest BCUT2D eigenvalue weighted by molar-refractivity contribution is -0.114.